The van der Waals surface area contributed by atoms with Crippen LogP contribution in [0, 0.1) is 5.82 Å². The maximum Gasteiger partial charge on any atom is 0.145 e. The van der Waals surface area contributed by atoms with Crippen molar-refractivity contribution in [1.29, 1.82) is 0 Å². The van der Waals surface area contributed by atoms with Gasteiger partial charge in [0.15, 0.2) is 0 Å². The van der Waals surface area contributed by atoms with Crippen LogP contribution in [0.2, 0.25) is 0 Å². The third-order valence-corrected chi connectivity index (χ3v) is 3.42. The minimum atomic E-state index is -0.345. The van der Waals surface area contributed by atoms with Gasteiger partial charge in [0.05, 0.1) is 16.8 Å². The molecule has 1 rings (SSSR count). The summed E-state index contributed by atoms with van der Waals surface area (Å²) in [7, 11) is 0. The van der Waals surface area contributed by atoms with E-state index in [1.165, 1.54) is 37.8 Å². The number of ether oxygens (including phenoxy) is 1. The number of hydrogen-bond acceptors (Lipinski definition) is 2. The summed E-state index contributed by atoms with van der Waals surface area (Å²) in [5, 5.41) is 0. The second kappa shape index (κ2) is 8.35. The molecule has 0 amide bonds. The van der Waals surface area contributed by atoms with Crippen LogP contribution in [0.5, 0.6) is 5.75 Å². The van der Waals surface area contributed by atoms with Gasteiger partial charge in [0.1, 0.15) is 11.6 Å². The molecule has 0 heterocycles. The lowest BCUT2D eigenvalue weighted by Gasteiger charge is -2.09. The number of anilines is 1. The highest BCUT2D eigenvalue weighted by molar-refractivity contribution is 9.10. The highest BCUT2D eigenvalue weighted by Crippen LogP contribution is 2.28. The van der Waals surface area contributed by atoms with Gasteiger partial charge in [0, 0.05) is 6.07 Å². The van der Waals surface area contributed by atoms with E-state index in [0.29, 0.717) is 22.5 Å². The quantitative estimate of drug-likeness (QED) is 0.546. The summed E-state index contributed by atoms with van der Waals surface area (Å²) in [6, 6.07) is 2.86. The first-order valence-electron chi connectivity index (χ1n) is 6.52. The van der Waals surface area contributed by atoms with Crippen molar-refractivity contribution in [3.8, 4) is 5.75 Å². The predicted molar refractivity (Wildman–Crippen MR) is 77.4 cm³/mol. The number of unbranched alkanes of at least 4 members (excludes halogenated alkanes) is 5. The van der Waals surface area contributed by atoms with E-state index in [4.69, 9.17) is 10.5 Å². The first kappa shape index (κ1) is 15.3. The first-order valence-corrected chi connectivity index (χ1v) is 7.31. The van der Waals surface area contributed by atoms with Crippen LogP contribution in [0.3, 0.4) is 0 Å². The molecule has 102 valence electrons. The van der Waals surface area contributed by atoms with Crippen molar-refractivity contribution < 1.29 is 9.13 Å². The van der Waals surface area contributed by atoms with E-state index < -0.39 is 0 Å². The fraction of sp³-hybridized carbons (Fsp3) is 0.571. The van der Waals surface area contributed by atoms with Crippen molar-refractivity contribution in [3.63, 3.8) is 0 Å². The molecule has 0 saturated carbocycles. The van der Waals surface area contributed by atoms with Crippen LogP contribution in [-0.4, -0.2) is 6.61 Å². The molecule has 2 nitrogen and oxygen atoms in total. The summed E-state index contributed by atoms with van der Waals surface area (Å²) in [6.45, 7) is 2.80. The van der Waals surface area contributed by atoms with E-state index >= 15 is 0 Å². The van der Waals surface area contributed by atoms with Gasteiger partial charge < -0.3 is 10.5 Å². The van der Waals surface area contributed by atoms with Gasteiger partial charge >= 0.3 is 0 Å². The average Bonchev–Trinajstić information content (AvgIpc) is 2.34. The monoisotopic (exact) mass is 317 g/mol. The van der Waals surface area contributed by atoms with Crippen molar-refractivity contribution >= 4 is 21.6 Å². The fourth-order valence-electron chi connectivity index (χ4n) is 1.73. The Kier molecular flexibility index (Phi) is 7.09. The van der Waals surface area contributed by atoms with E-state index in [1.54, 1.807) is 0 Å². The lowest BCUT2D eigenvalue weighted by Crippen LogP contribution is -2.01. The molecule has 0 aliphatic carbocycles. The van der Waals surface area contributed by atoms with Gasteiger partial charge in [-0.1, -0.05) is 39.0 Å². The van der Waals surface area contributed by atoms with Crippen LogP contribution < -0.4 is 10.5 Å². The Labute approximate surface area is 117 Å². The number of benzene rings is 1. The molecule has 0 aliphatic heterocycles. The van der Waals surface area contributed by atoms with Gasteiger partial charge in [-0.3, -0.25) is 0 Å². The highest BCUT2D eigenvalue weighted by Gasteiger charge is 2.06. The number of nitrogen functional groups attached to an aromatic ring is 1. The Balaban J connectivity index is 2.25. The lowest BCUT2D eigenvalue weighted by molar-refractivity contribution is 0.304. The van der Waals surface area contributed by atoms with E-state index in [0.717, 1.165) is 12.8 Å². The van der Waals surface area contributed by atoms with Crippen LogP contribution in [0.1, 0.15) is 45.4 Å². The van der Waals surface area contributed by atoms with Crippen LogP contribution in [0.4, 0.5) is 10.1 Å². The van der Waals surface area contributed by atoms with Crippen LogP contribution in [-0.2, 0) is 0 Å². The standard InChI is InChI=1S/C14H21BrFNO/c1-2-3-4-5-6-7-8-18-14-10-12(16)11(15)9-13(14)17/h9-10H,2-8,17H2,1H3. The topological polar surface area (TPSA) is 35.2 Å². The molecule has 0 atom stereocenters. The Bertz CT molecular complexity index is 371. The van der Waals surface area contributed by atoms with Crippen molar-refractivity contribution in [3.05, 3.63) is 22.4 Å². The SMILES string of the molecule is CCCCCCCCOc1cc(F)c(Br)cc1N. The molecule has 4 heteroatoms. The lowest BCUT2D eigenvalue weighted by atomic mass is 10.1. The smallest absolute Gasteiger partial charge is 0.145 e. The third kappa shape index (κ3) is 5.25. The molecular weight excluding hydrogens is 297 g/mol. The van der Waals surface area contributed by atoms with Gasteiger partial charge in [-0.25, -0.2) is 4.39 Å². The molecule has 0 aliphatic rings. The van der Waals surface area contributed by atoms with Gasteiger partial charge in [-0.05, 0) is 28.4 Å². The molecule has 0 unspecified atom stereocenters. The van der Waals surface area contributed by atoms with E-state index in [-0.39, 0.29) is 5.82 Å². The molecule has 0 aromatic heterocycles. The second-order valence-electron chi connectivity index (χ2n) is 4.42. The van der Waals surface area contributed by atoms with E-state index in [2.05, 4.69) is 22.9 Å². The van der Waals surface area contributed by atoms with Crippen LogP contribution in [0.15, 0.2) is 16.6 Å². The molecule has 0 radical (unpaired) electrons. The van der Waals surface area contributed by atoms with Crippen molar-refractivity contribution in [1.82, 2.24) is 0 Å². The number of hydrogen-bond donors (Lipinski definition) is 1. The molecule has 1 aromatic rings. The number of nitrogens with two attached hydrogens (primary N) is 1. The van der Waals surface area contributed by atoms with Crippen molar-refractivity contribution in [2.75, 3.05) is 12.3 Å². The summed E-state index contributed by atoms with van der Waals surface area (Å²) in [5.74, 6) is 0.0893. The van der Waals surface area contributed by atoms with E-state index in [1.807, 2.05) is 0 Å². The molecule has 0 saturated heterocycles. The Morgan fingerprint density at radius 2 is 1.83 bits per heavy atom. The van der Waals surface area contributed by atoms with Crippen LogP contribution >= 0.6 is 15.9 Å². The zero-order chi connectivity index (χ0) is 13.4. The zero-order valence-corrected chi connectivity index (χ0v) is 12.4. The number of halogens is 2. The van der Waals surface area contributed by atoms with Crippen molar-refractivity contribution in [2.45, 2.75) is 45.4 Å². The zero-order valence-electron chi connectivity index (χ0n) is 10.8. The molecule has 0 bridgehead atoms. The highest BCUT2D eigenvalue weighted by atomic mass is 79.9. The summed E-state index contributed by atoms with van der Waals surface area (Å²) in [4.78, 5) is 0. The normalized spacial score (nSPS) is 10.6. The number of rotatable bonds is 8. The third-order valence-electron chi connectivity index (χ3n) is 2.81. The summed E-state index contributed by atoms with van der Waals surface area (Å²) in [6.07, 6.45) is 7.21. The molecule has 2 N–H and O–H groups in total. The maximum atomic E-state index is 13.3. The average molecular weight is 318 g/mol. The van der Waals surface area contributed by atoms with Gasteiger partial charge in [-0.15, -0.1) is 0 Å². The first-order chi connectivity index (χ1) is 8.65. The predicted octanol–water partition coefficient (Wildman–Crippen LogP) is 4.91. The van der Waals surface area contributed by atoms with Gasteiger partial charge in [0.2, 0.25) is 0 Å². The Morgan fingerprint density at radius 1 is 1.17 bits per heavy atom. The van der Waals surface area contributed by atoms with Crippen molar-refractivity contribution in [2.24, 2.45) is 0 Å². The minimum Gasteiger partial charge on any atom is -0.491 e. The van der Waals surface area contributed by atoms with E-state index in [9.17, 15) is 4.39 Å². The summed E-state index contributed by atoms with van der Waals surface area (Å²) in [5.41, 5.74) is 6.22. The Hall–Kier alpha value is -0.770. The van der Waals surface area contributed by atoms with Crippen LogP contribution in [0.25, 0.3) is 0 Å². The second-order valence-corrected chi connectivity index (χ2v) is 5.27. The Morgan fingerprint density at radius 3 is 2.56 bits per heavy atom. The maximum absolute atomic E-state index is 13.3. The molecule has 0 spiro atoms. The fourth-order valence-corrected chi connectivity index (χ4v) is 2.09. The largest absolute Gasteiger partial charge is 0.491 e. The molecule has 1 aromatic carbocycles. The molecule has 18 heavy (non-hydrogen) atoms. The van der Waals surface area contributed by atoms with Gasteiger partial charge in [0.25, 0.3) is 0 Å². The molecular formula is C14H21BrFNO. The van der Waals surface area contributed by atoms with Gasteiger partial charge in [-0.2, -0.15) is 0 Å². The minimum absolute atomic E-state index is 0.345. The summed E-state index contributed by atoms with van der Waals surface area (Å²) >= 11 is 3.09. The summed E-state index contributed by atoms with van der Waals surface area (Å²) < 4.78 is 19.2. The molecule has 0 fully saturated rings.